The minimum Gasteiger partial charge on any atom is -0.496 e. The molecule has 1 amide bonds. The standard InChI is InChI=1S/C13H10FNO4S/c1-19-8-5-11(20-6-8)12(16)15-10-4-7(13(17)18)2-3-9(10)14/h2-6H,1H3,(H,15,16)(H,17,18). The monoisotopic (exact) mass is 295 g/mol. The molecule has 2 aromatic rings. The minimum atomic E-state index is -1.20. The van der Waals surface area contributed by atoms with E-state index in [4.69, 9.17) is 9.84 Å². The number of anilines is 1. The third-order valence-corrected chi connectivity index (χ3v) is 3.40. The van der Waals surface area contributed by atoms with E-state index in [-0.39, 0.29) is 11.3 Å². The van der Waals surface area contributed by atoms with Crippen LogP contribution in [0.25, 0.3) is 0 Å². The molecule has 0 aliphatic heterocycles. The number of rotatable bonds is 4. The van der Waals surface area contributed by atoms with Crippen molar-refractivity contribution in [3.05, 3.63) is 45.9 Å². The molecule has 104 valence electrons. The number of carbonyl (C=O) groups excluding carboxylic acids is 1. The zero-order chi connectivity index (χ0) is 14.7. The molecule has 2 rings (SSSR count). The molecule has 2 N–H and O–H groups in total. The van der Waals surface area contributed by atoms with E-state index in [1.54, 1.807) is 5.38 Å². The highest BCUT2D eigenvalue weighted by Crippen LogP contribution is 2.23. The Balaban J connectivity index is 2.22. The zero-order valence-corrected chi connectivity index (χ0v) is 11.2. The SMILES string of the molecule is COc1csc(C(=O)Nc2cc(C(=O)O)ccc2F)c1. The molecular formula is C13H10FNO4S. The summed E-state index contributed by atoms with van der Waals surface area (Å²) < 4.78 is 18.5. The topological polar surface area (TPSA) is 75.6 Å². The first-order valence-corrected chi connectivity index (χ1v) is 6.36. The quantitative estimate of drug-likeness (QED) is 0.909. The number of hydrogen-bond donors (Lipinski definition) is 2. The molecule has 1 heterocycles. The van der Waals surface area contributed by atoms with Crippen LogP contribution in [0.3, 0.4) is 0 Å². The molecule has 0 aliphatic carbocycles. The summed E-state index contributed by atoms with van der Waals surface area (Å²) in [6.45, 7) is 0. The normalized spacial score (nSPS) is 10.1. The Morgan fingerprint density at radius 3 is 2.70 bits per heavy atom. The van der Waals surface area contributed by atoms with Crippen LogP contribution >= 0.6 is 11.3 Å². The highest BCUT2D eigenvalue weighted by molar-refractivity contribution is 7.12. The van der Waals surface area contributed by atoms with Crippen molar-refractivity contribution in [2.45, 2.75) is 0 Å². The Labute approximate surface area is 117 Å². The van der Waals surface area contributed by atoms with Crippen LogP contribution in [0.4, 0.5) is 10.1 Å². The van der Waals surface area contributed by atoms with Crippen molar-refractivity contribution in [1.82, 2.24) is 0 Å². The lowest BCUT2D eigenvalue weighted by Crippen LogP contribution is -2.12. The summed E-state index contributed by atoms with van der Waals surface area (Å²) in [4.78, 5) is 23.1. The van der Waals surface area contributed by atoms with E-state index in [1.807, 2.05) is 0 Å². The van der Waals surface area contributed by atoms with Crippen molar-refractivity contribution >= 4 is 28.9 Å². The summed E-state index contributed by atoms with van der Waals surface area (Å²) in [5.74, 6) is -1.90. The first-order valence-electron chi connectivity index (χ1n) is 5.48. The van der Waals surface area contributed by atoms with E-state index in [0.29, 0.717) is 10.6 Å². The molecule has 0 bridgehead atoms. The van der Waals surface area contributed by atoms with Gasteiger partial charge in [-0.05, 0) is 18.2 Å². The highest BCUT2D eigenvalue weighted by atomic mass is 32.1. The average molecular weight is 295 g/mol. The summed E-state index contributed by atoms with van der Waals surface area (Å²) in [5.41, 5.74) is -0.285. The number of thiophene rings is 1. The Bertz CT molecular complexity index is 668. The molecule has 1 aromatic carbocycles. The highest BCUT2D eigenvalue weighted by Gasteiger charge is 2.14. The molecule has 0 atom stereocenters. The number of methoxy groups -OCH3 is 1. The predicted octanol–water partition coefficient (Wildman–Crippen LogP) is 2.85. The van der Waals surface area contributed by atoms with Crippen LogP contribution in [0.1, 0.15) is 20.0 Å². The maximum absolute atomic E-state index is 13.6. The average Bonchev–Trinajstić information content (AvgIpc) is 2.89. The van der Waals surface area contributed by atoms with Crippen molar-refractivity contribution in [2.75, 3.05) is 12.4 Å². The van der Waals surface area contributed by atoms with Gasteiger partial charge in [0, 0.05) is 11.4 Å². The fourth-order valence-electron chi connectivity index (χ4n) is 1.48. The Kier molecular flexibility index (Phi) is 3.99. The van der Waals surface area contributed by atoms with Crippen molar-refractivity contribution in [1.29, 1.82) is 0 Å². The van der Waals surface area contributed by atoms with Gasteiger partial charge in [0.2, 0.25) is 0 Å². The summed E-state index contributed by atoms with van der Waals surface area (Å²) >= 11 is 1.14. The number of amides is 1. The molecule has 0 spiro atoms. The van der Waals surface area contributed by atoms with Gasteiger partial charge >= 0.3 is 5.97 Å². The third kappa shape index (κ3) is 2.94. The van der Waals surface area contributed by atoms with Gasteiger partial charge < -0.3 is 15.2 Å². The second kappa shape index (κ2) is 5.70. The van der Waals surface area contributed by atoms with Crippen molar-refractivity contribution < 1.29 is 23.8 Å². The Morgan fingerprint density at radius 2 is 2.10 bits per heavy atom. The number of carbonyl (C=O) groups is 2. The first-order chi connectivity index (χ1) is 9.51. The second-order valence-corrected chi connectivity index (χ2v) is 4.72. The Hall–Kier alpha value is -2.41. The van der Waals surface area contributed by atoms with Gasteiger partial charge in [0.05, 0.1) is 23.2 Å². The van der Waals surface area contributed by atoms with Crippen molar-refractivity contribution in [3.8, 4) is 5.75 Å². The molecule has 5 nitrogen and oxygen atoms in total. The molecule has 0 radical (unpaired) electrons. The molecular weight excluding hydrogens is 285 g/mol. The number of aromatic carboxylic acids is 1. The van der Waals surface area contributed by atoms with Gasteiger partial charge in [-0.3, -0.25) is 4.79 Å². The van der Waals surface area contributed by atoms with E-state index >= 15 is 0 Å². The van der Waals surface area contributed by atoms with E-state index in [2.05, 4.69) is 5.32 Å². The van der Waals surface area contributed by atoms with Crippen molar-refractivity contribution in [3.63, 3.8) is 0 Å². The lowest BCUT2D eigenvalue weighted by Gasteiger charge is -2.06. The first kappa shape index (κ1) is 14.0. The van der Waals surface area contributed by atoms with Crippen LogP contribution in [-0.2, 0) is 0 Å². The molecule has 0 aliphatic rings. The maximum atomic E-state index is 13.6. The fraction of sp³-hybridized carbons (Fsp3) is 0.0769. The molecule has 1 aromatic heterocycles. The summed E-state index contributed by atoms with van der Waals surface area (Å²) in [7, 11) is 1.47. The fourth-order valence-corrected chi connectivity index (χ4v) is 2.23. The zero-order valence-electron chi connectivity index (χ0n) is 10.3. The lowest BCUT2D eigenvalue weighted by atomic mass is 10.2. The number of hydrogen-bond acceptors (Lipinski definition) is 4. The van der Waals surface area contributed by atoms with Gasteiger partial charge in [-0.25, -0.2) is 9.18 Å². The lowest BCUT2D eigenvalue weighted by molar-refractivity contribution is 0.0696. The van der Waals surface area contributed by atoms with Crippen molar-refractivity contribution in [2.24, 2.45) is 0 Å². The maximum Gasteiger partial charge on any atom is 0.335 e. The van der Waals surface area contributed by atoms with Crippen LogP contribution < -0.4 is 10.1 Å². The molecule has 0 saturated heterocycles. The molecule has 7 heteroatoms. The summed E-state index contributed by atoms with van der Waals surface area (Å²) in [6, 6.07) is 4.70. The van der Waals surface area contributed by atoms with Gasteiger partial charge in [0.15, 0.2) is 0 Å². The van der Waals surface area contributed by atoms with Crippen LogP contribution in [0.2, 0.25) is 0 Å². The number of ether oxygens (including phenoxy) is 1. The number of halogens is 1. The molecule has 0 unspecified atom stereocenters. The van der Waals surface area contributed by atoms with E-state index < -0.39 is 17.7 Å². The van der Waals surface area contributed by atoms with Gasteiger partial charge in [-0.1, -0.05) is 0 Å². The molecule has 0 saturated carbocycles. The van der Waals surface area contributed by atoms with E-state index in [9.17, 15) is 14.0 Å². The number of benzene rings is 1. The van der Waals surface area contributed by atoms with Crippen LogP contribution in [0.5, 0.6) is 5.75 Å². The summed E-state index contributed by atoms with van der Waals surface area (Å²) in [5, 5.41) is 12.8. The Morgan fingerprint density at radius 1 is 1.35 bits per heavy atom. The van der Waals surface area contributed by atoms with Crippen LogP contribution in [0, 0.1) is 5.82 Å². The van der Waals surface area contributed by atoms with Gasteiger partial charge in [0.25, 0.3) is 5.91 Å². The number of carboxylic acids is 1. The molecule has 20 heavy (non-hydrogen) atoms. The van der Waals surface area contributed by atoms with Gasteiger partial charge in [-0.15, -0.1) is 11.3 Å². The number of carboxylic acid groups (broad SMARTS) is 1. The largest absolute Gasteiger partial charge is 0.496 e. The van der Waals surface area contributed by atoms with Crippen LogP contribution in [-0.4, -0.2) is 24.1 Å². The second-order valence-electron chi connectivity index (χ2n) is 3.80. The minimum absolute atomic E-state index is 0.106. The molecule has 0 fully saturated rings. The van der Waals surface area contributed by atoms with E-state index in [1.165, 1.54) is 13.2 Å². The predicted molar refractivity (Wildman–Crippen MR) is 72.2 cm³/mol. The number of nitrogens with one attached hydrogen (secondary N) is 1. The smallest absolute Gasteiger partial charge is 0.335 e. The summed E-state index contributed by atoms with van der Waals surface area (Å²) in [6.07, 6.45) is 0. The van der Waals surface area contributed by atoms with E-state index in [0.717, 1.165) is 29.5 Å². The van der Waals surface area contributed by atoms with Gasteiger partial charge in [-0.2, -0.15) is 0 Å². The third-order valence-electron chi connectivity index (χ3n) is 2.50. The van der Waals surface area contributed by atoms with Gasteiger partial charge in [0.1, 0.15) is 11.6 Å². The van der Waals surface area contributed by atoms with Crippen LogP contribution in [0.15, 0.2) is 29.6 Å².